The zero-order valence-corrected chi connectivity index (χ0v) is 12.5. The standard InChI is InChI=1S/C8H3Cl2N2Se.Na/c9-4-1-5-7(6(10)2-4)11-3-12-8(5)13;/h1-3H;. The predicted molar refractivity (Wildman–Crippen MR) is 60.7 cm³/mol. The van der Waals surface area contributed by atoms with Crippen molar-refractivity contribution in [3.05, 3.63) is 28.5 Å². The van der Waals surface area contributed by atoms with E-state index in [9.17, 15) is 0 Å². The normalized spacial score (nSPS) is 9.86. The molecule has 0 aliphatic heterocycles. The summed E-state index contributed by atoms with van der Waals surface area (Å²) in [5.74, 6) is 0. The van der Waals surface area contributed by atoms with Gasteiger partial charge in [0.1, 0.15) is 0 Å². The van der Waals surface area contributed by atoms with Crippen molar-refractivity contribution in [1.82, 2.24) is 9.97 Å². The summed E-state index contributed by atoms with van der Waals surface area (Å²) in [6.07, 6.45) is 1.47. The number of aromatic nitrogens is 2. The molecule has 0 saturated heterocycles. The molecule has 0 aliphatic rings. The molecule has 66 valence electrons. The molecule has 2 nitrogen and oxygen atoms in total. The van der Waals surface area contributed by atoms with E-state index in [1.54, 1.807) is 12.1 Å². The van der Waals surface area contributed by atoms with Gasteiger partial charge in [-0.15, -0.1) is 0 Å². The van der Waals surface area contributed by atoms with Gasteiger partial charge in [-0.05, 0) is 0 Å². The van der Waals surface area contributed by atoms with E-state index in [0.29, 0.717) is 10.0 Å². The first-order valence-corrected chi connectivity index (χ1v) is 5.06. The van der Waals surface area contributed by atoms with Crippen LogP contribution in [0, 0.1) is 0 Å². The summed E-state index contributed by atoms with van der Waals surface area (Å²) in [5, 5.41) is 1.98. The third-order valence-electron chi connectivity index (χ3n) is 1.62. The Morgan fingerprint density at radius 2 is 1.86 bits per heavy atom. The largest absolute Gasteiger partial charge is 0 e. The zero-order valence-electron chi connectivity index (χ0n) is 7.29. The van der Waals surface area contributed by atoms with Gasteiger partial charge in [-0.25, -0.2) is 0 Å². The summed E-state index contributed by atoms with van der Waals surface area (Å²) in [5.41, 5.74) is 0.717. The molecule has 0 bridgehead atoms. The minimum absolute atomic E-state index is 0. The molecule has 0 fully saturated rings. The van der Waals surface area contributed by atoms with Crippen LogP contribution >= 0.6 is 23.2 Å². The van der Waals surface area contributed by atoms with Crippen LogP contribution in [0.2, 0.25) is 10.0 Å². The van der Waals surface area contributed by atoms with Crippen LogP contribution in [0.1, 0.15) is 0 Å². The van der Waals surface area contributed by atoms with E-state index in [2.05, 4.69) is 26.0 Å². The van der Waals surface area contributed by atoms with Crippen LogP contribution in [0.15, 0.2) is 18.5 Å². The Morgan fingerprint density at radius 1 is 1.14 bits per heavy atom. The molecule has 2 rings (SSSR count). The number of rotatable bonds is 0. The number of hydrogen-bond acceptors (Lipinski definition) is 2. The Balaban J connectivity index is 0.000000980. The molecule has 0 unspecified atom stereocenters. The molecule has 0 atom stereocenters. The maximum atomic E-state index is 5.95. The second-order valence-corrected chi connectivity index (χ2v) is 4.12. The van der Waals surface area contributed by atoms with Crippen LogP contribution in [0.25, 0.3) is 10.9 Å². The molecular weight excluding hydrogens is 297 g/mol. The van der Waals surface area contributed by atoms with Crippen LogP contribution in [0.3, 0.4) is 0 Å². The molecule has 2 radical (unpaired) electrons. The maximum absolute atomic E-state index is 5.95. The smallest absolute Gasteiger partial charge is 0 e. The second-order valence-electron chi connectivity index (χ2n) is 2.46. The van der Waals surface area contributed by atoms with Crippen LogP contribution in [0.4, 0.5) is 0 Å². The summed E-state index contributed by atoms with van der Waals surface area (Å²) in [6, 6.07) is 3.45. The fraction of sp³-hybridized carbons (Fsp3) is 0. The number of hydrogen-bond donors (Lipinski definition) is 0. The van der Waals surface area contributed by atoms with Gasteiger partial charge in [0.05, 0.1) is 0 Å². The van der Waals surface area contributed by atoms with Crippen molar-refractivity contribution in [2.24, 2.45) is 0 Å². The molecule has 0 spiro atoms. The molecule has 14 heavy (non-hydrogen) atoms. The van der Waals surface area contributed by atoms with E-state index in [1.807, 2.05) is 0 Å². The van der Waals surface area contributed by atoms with Crippen molar-refractivity contribution in [1.29, 1.82) is 0 Å². The van der Waals surface area contributed by atoms with E-state index < -0.39 is 0 Å². The number of nitrogens with zero attached hydrogens (tertiary/aromatic N) is 2. The van der Waals surface area contributed by atoms with Gasteiger partial charge in [0.2, 0.25) is 0 Å². The van der Waals surface area contributed by atoms with Gasteiger partial charge in [-0.1, -0.05) is 0 Å². The summed E-state index contributed by atoms with van der Waals surface area (Å²) in [6.45, 7) is 0. The summed E-state index contributed by atoms with van der Waals surface area (Å²) < 4.78 is 0.759. The fourth-order valence-corrected chi connectivity index (χ4v) is 2.04. The molecule has 6 heteroatoms. The topological polar surface area (TPSA) is 25.8 Å². The number of halogens is 2. The Hall–Kier alpha value is 0.659. The van der Waals surface area contributed by atoms with Gasteiger partial charge in [0.15, 0.2) is 0 Å². The van der Waals surface area contributed by atoms with Gasteiger partial charge in [-0.3, -0.25) is 0 Å². The zero-order chi connectivity index (χ0) is 9.42. The molecule has 0 amide bonds. The van der Waals surface area contributed by atoms with Crippen molar-refractivity contribution in [3.63, 3.8) is 0 Å². The van der Waals surface area contributed by atoms with E-state index in [1.165, 1.54) is 6.33 Å². The van der Waals surface area contributed by atoms with Gasteiger partial charge >= 0.3 is 93.2 Å². The van der Waals surface area contributed by atoms with Gasteiger partial charge < -0.3 is 0 Å². The van der Waals surface area contributed by atoms with Crippen LogP contribution in [-0.4, -0.2) is 55.5 Å². The van der Waals surface area contributed by atoms with Gasteiger partial charge in [0.25, 0.3) is 0 Å². The summed E-state index contributed by atoms with van der Waals surface area (Å²) >= 11 is 14.6. The minimum Gasteiger partial charge on any atom is 0 e. The van der Waals surface area contributed by atoms with E-state index in [-0.39, 0.29) is 29.6 Å². The number of benzene rings is 1. The Kier molecular flexibility index (Phi) is 4.66. The van der Waals surface area contributed by atoms with E-state index in [4.69, 9.17) is 23.2 Å². The quantitative estimate of drug-likeness (QED) is 0.686. The molecular formula is C8H3Cl2N2NaSe. The van der Waals surface area contributed by atoms with Crippen LogP contribution in [-0.2, 0) is 0 Å². The molecule has 0 N–H and O–H groups in total. The summed E-state index contributed by atoms with van der Waals surface area (Å²) in [4.78, 5) is 8.07. The van der Waals surface area contributed by atoms with Crippen molar-refractivity contribution < 1.29 is 0 Å². The minimum atomic E-state index is 0. The van der Waals surface area contributed by atoms with Gasteiger partial charge in [0, 0.05) is 29.6 Å². The molecule has 1 aromatic carbocycles. The van der Waals surface area contributed by atoms with Crippen molar-refractivity contribution in [3.8, 4) is 0 Å². The van der Waals surface area contributed by atoms with Crippen LogP contribution < -0.4 is 4.59 Å². The first-order valence-electron chi connectivity index (χ1n) is 3.45. The van der Waals surface area contributed by atoms with E-state index in [0.717, 1.165) is 15.5 Å². The SMILES string of the molecule is Clc1cc(Cl)c2ncnc([Se])c2c1.[Na]. The molecule has 2 aromatic rings. The second kappa shape index (κ2) is 5.13. The average molecular weight is 300 g/mol. The molecule has 1 heterocycles. The predicted octanol–water partition coefficient (Wildman–Crippen LogP) is 1.35. The first kappa shape index (κ1) is 12.7. The number of fused-ring (bicyclic) bond motifs is 1. The monoisotopic (exact) mass is 300 g/mol. The first-order chi connectivity index (χ1) is 6.18. The van der Waals surface area contributed by atoms with Crippen LogP contribution in [0.5, 0.6) is 0 Å². The Morgan fingerprint density at radius 3 is 2.57 bits per heavy atom. The third-order valence-corrected chi connectivity index (χ3v) is 2.81. The summed E-state index contributed by atoms with van der Waals surface area (Å²) in [7, 11) is 0. The molecule has 0 aliphatic carbocycles. The van der Waals surface area contributed by atoms with Crippen molar-refractivity contribution >= 4 is 84.3 Å². The van der Waals surface area contributed by atoms with Gasteiger partial charge in [-0.2, -0.15) is 0 Å². The average Bonchev–Trinajstić information content (AvgIpc) is 2.07. The molecule has 0 saturated carbocycles. The van der Waals surface area contributed by atoms with Crippen molar-refractivity contribution in [2.45, 2.75) is 0 Å². The fourth-order valence-electron chi connectivity index (χ4n) is 1.07. The van der Waals surface area contributed by atoms with Crippen molar-refractivity contribution in [2.75, 3.05) is 0 Å². The Bertz CT molecular complexity index is 478. The maximum Gasteiger partial charge on any atom is 0 e. The van der Waals surface area contributed by atoms with E-state index >= 15 is 0 Å². The Labute approximate surface area is 122 Å². The molecule has 1 aromatic heterocycles. The third kappa shape index (κ3) is 2.42.